The number of nitrogens with zero attached hydrogens (tertiary/aromatic N) is 1. The van der Waals surface area contributed by atoms with E-state index in [0.29, 0.717) is 0 Å². The van der Waals surface area contributed by atoms with Gasteiger partial charge >= 0.3 is 0 Å². The molecule has 0 saturated heterocycles. The molecule has 240 valence electrons. The second kappa shape index (κ2) is 9.97. The zero-order chi connectivity index (χ0) is 32.4. The SMILES string of the molecule is CC1(C)CCC(C)(C)c2c(N(c3ccccc3)c3cc4c(cc3-c3ccccc3)-c3ccccc3C43C4CC5CC(C4)C3C5)cccc21. The summed E-state index contributed by atoms with van der Waals surface area (Å²) in [6, 6.07) is 44.5. The number of para-hydroxylation sites is 1. The van der Waals surface area contributed by atoms with Gasteiger partial charge in [0.25, 0.3) is 0 Å². The fraction of sp³-hybridized carbons (Fsp3) is 0.362. The Morgan fingerprint density at radius 1 is 0.542 bits per heavy atom. The van der Waals surface area contributed by atoms with Gasteiger partial charge in [-0.25, -0.2) is 0 Å². The molecule has 1 spiro atoms. The number of anilines is 3. The van der Waals surface area contributed by atoms with Crippen LogP contribution < -0.4 is 4.90 Å². The highest BCUT2D eigenvalue weighted by Crippen LogP contribution is 2.73. The van der Waals surface area contributed by atoms with Crippen molar-refractivity contribution in [3.8, 4) is 22.3 Å². The summed E-state index contributed by atoms with van der Waals surface area (Å²) in [5.74, 6) is 3.31. The summed E-state index contributed by atoms with van der Waals surface area (Å²) in [5, 5.41) is 0. The first-order chi connectivity index (χ1) is 23.3. The van der Waals surface area contributed by atoms with Crippen LogP contribution in [0.15, 0.2) is 115 Å². The molecule has 6 aliphatic rings. The van der Waals surface area contributed by atoms with Crippen LogP contribution in [0.3, 0.4) is 0 Å². The summed E-state index contributed by atoms with van der Waals surface area (Å²) >= 11 is 0. The fourth-order valence-corrected chi connectivity index (χ4v) is 11.9. The van der Waals surface area contributed by atoms with Crippen molar-refractivity contribution in [3.63, 3.8) is 0 Å². The highest BCUT2D eigenvalue weighted by Gasteiger charge is 2.66. The van der Waals surface area contributed by atoms with E-state index in [1.54, 1.807) is 11.1 Å². The minimum atomic E-state index is 0.0685. The minimum Gasteiger partial charge on any atom is -0.310 e. The second-order valence-corrected chi connectivity index (χ2v) is 17.2. The van der Waals surface area contributed by atoms with E-state index >= 15 is 0 Å². The van der Waals surface area contributed by atoms with E-state index < -0.39 is 0 Å². The topological polar surface area (TPSA) is 3.24 Å². The van der Waals surface area contributed by atoms with Crippen molar-refractivity contribution in [2.24, 2.45) is 23.7 Å². The molecule has 48 heavy (non-hydrogen) atoms. The third-order valence-electron chi connectivity index (χ3n) is 13.9. The molecule has 5 atom stereocenters. The van der Waals surface area contributed by atoms with Crippen LogP contribution >= 0.6 is 0 Å². The number of benzene rings is 5. The van der Waals surface area contributed by atoms with Crippen molar-refractivity contribution < 1.29 is 0 Å². The molecule has 1 nitrogen and oxygen atoms in total. The molecule has 4 fully saturated rings. The van der Waals surface area contributed by atoms with E-state index in [2.05, 4.69) is 148 Å². The minimum absolute atomic E-state index is 0.0685. The summed E-state index contributed by atoms with van der Waals surface area (Å²) < 4.78 is 0. The predicted molar refractivity (Wildman–Crippen MR) is 200 cm³/mol. The van der Waals surface area contributed by atoms with Crippen molar-refractivity contribution in [2.45, 2.75) is 82.5 Å². The van der Waals surface area contributed by atoms with Gasteiger partial charge < -0.3 is 4.90 Å². The monoisotopic (exact) mass is 625 g/mol. The molecule has 0 N–H and O–H groups in total. The molecule has 1 heteroatoms. The Hall–Kier alpha value is -4.10. The van der Waals surface area contributed by atoms with E-state index in [1.807, 2.05) is 0 Å². The average molecular weight is 626 g/mol. The van der Waals surface area contributed by atoms with E-state index in [0.717, 1.165) is 23.7 Å². The Bertz CT molecular complexity index is 2070. The maximum Gasteiger partial charge on any atom is 0.0543 e. The molecule has 4 bridgehead atoms. The van der Waals surface area contributed by atoms with Crippen LogP contribution in [0.5, 0.6) is 0 Å². The third-order valence-corrected chi connectivity index (χ3v) is 13.9. The Kier molecular flexibility index (Phi) is 6.00. The molecular formula is C47H47N. The molecule has 5 aromatic carbocycles. The van der Waals surface area contributed by atoms with E-state index in [4.69, 9.17) is 0 Å². The Balaban J connectivity index is 1.31. The lowest BCUT2D eigenvalue weighted by Crippen LogP contribution is -2.40. The molecule has 0 radical (unpaired) electrons. The van der Waals surface area contributed by atoms with Gasteiger partial charge in [-0.15, -0.1) is 0 Å². The summed E-state index contributed by atoms with van der Waals surface area (Å²) in [4.78, 5) is 2.66. The van der Waals surface area contributed by atoms with Crippen molar-refractivity contribution in [1.82, 2.24) is 0 Å². The van der Waals surface area contributed by atoms with E-state index in [1.165, 1.54) is 89.0 Å². The lowest BCUT2D eigenvalue weighted by atomic mass is 9.59. The van der Waals surface area contributed by atoms with Crippen molar-refractivity contribution in [2.75, 3.05) is 4.90 Å². The highest BCUT2D eigenvalue weighted by molar-refractivity contribution is 5.96. The van der Waals surface area contributed by atoms with Gasteiger partial charge in [-0.1, -0.05) is 113 Å². The third kappa shape index (κ3) is 3.80. The van der Waals surface area contributed by atoms with Gasteiger partial charge in [0.05, 0.1) is 11.4 Å². The van der Waals surface area contributed by atoms with Gasteiger partial charge in [-0.3, -0.25) is 0 Å². The second-order valence-electron chi connectivity index (χ2n) is 17.2. The molecule has 4 saturated carbocycles. The molecular weight excluding hydrogens is 579 g/mol. The first-order valence-corrected chi connectivity index (χ1v) is 18.6. The lowest BCUT2D eigenvalue weighted by molar-refractivity contribution is 0.191. The highest BCUT2D eigenvalue weighted by atomic mass is 15.1. The molecule has 5 unspecified atom stereocenters. The van der Waals surface area contributed by atoms with Gasteiger partial charge in [-0.05, 0) is 142 Å². The molecule has 0 amide bonds. The summed E-state index contributed by atoms with van der Waals surface area (Å²) in [6.45, 7) is 9.86. The lowest BCUT2D eigenvalue weighted by Gasteiger charge is -2.45. The van der Waals surface area contributed by atoms with Crippen LogP contribution in [0.4, 0.5) is 17.1 Å². The van der Waals surface area contributed by atoms with E-state index in [9.17, 15) is 0 Å². The van der Waals surface area contributed by atoms with Crippen LogP contribution in [0.1, 0.15) is 88.5 Å². The molecule has 6 aliphatic carbocycles. The first kappa shape index (κ1) is 28.9. The summed E-state index contributed by atoms with van der Waals surface area (Å²) in [5.41, 5.74) is 16.1. The standard InChI is InChI=1S/C47H47N/c1-45(2)22-23-46(3,4)44-39(45)20-13-21-42(44)48(34-16-9-6-10-17-34)43-29-41-37(28-36(43)31-14-7-5-8-15-31)35-18-11-12-19-38(35)47(41)33-25-30-24-32(27-33)40(47)26-30/h5-21,28-30,32-33,40H,22-27H2,1-4H3. The zero-order valence-electron chi connectivity index (χ0n) is 29.0. The summed E-state index contributed by atoms with van der Waals surface area (Å²) in [6.07, 6.45) is 8.06. The van der Waals surface area contributed by atoms with Gasteiger partial charge in [0.15, 0.2) is 0 Å². The van der Waals surface area contributed by atoms with Gasteiger partial charge in [0.2, 0.25) is 0 Å². The molecule has 0 aromatic heterocycles. The fourth-order valence-electron chi connectivity index (χ4n) is 11.9. The maximum absolute atomic E-state index is 2.71. The molecule has 11 rings (SSSR count). The first-order valence-electron chi connectivity index (χ1n) is 18.6. The van der Waals surface area contributed by atoms with Crippen molar-refractivity contribution >= 4 is 17.1 Å². The van der Waals surface area contributed by atoms with Gasteiger partial charge in [0, 0.05) is 16.7 Å². The number of hydrogen-bond donors (Lipinski definition) is 0. The molecule has 0 heterocycles. The van der Waals surface area contributed by atoms with E-state index in [-0.39, 0.29) is 16.2 Å². The Labute approximate surface area is 287 Å². The largest absolute Gasteiger partial charge is 0.310 e. The predicted octanol–water partition coefficient (Wildman–Crippen LogP) is 12.5. The zero-order valence-corrected chi connectivity index (χ0v) is 29.0. The van der Waals surface area contributed by atoms with Gasteiger partial charge in [0.1, 0.15) is 0 Å². The smallest absolute Gasteiger partial charge is 0.0543 e. The Morgan fingerprint density at radius 2 is 1.25 bits per heavy atom. The Morgan fingerprint density at radius 3 is 2.04 bits per heavy atom. The summed E-state index contributed by atoms with van der Waals surface area (Å²) in [7, 11) is 0. The number of fused-ring (bicyclic) bond motifs is 4. The van der Waals surface area contributed by atoms with Crippen LogP contribution in [0, 0.1) is 23.7 Å². The normalized spacial score (nSPS) is 27.9. The number of rotatable bonds is 4. The van der Waals surface area contributed by atoms with Crippen LogP contribution in [-0.4, -0.2) is 0 Å². The molecule has 0 aliphatic heterocycles. The van der Waals surface area contributed by atoms with Crippen LogP contribution in [0.2, 0.25) is 0 Å². The molecule has 5 aromatic rings. The van der Waals surface area contributed by atoms with Crippen molar-refractivity contribution in [3.05, 3.63) is 138 Å². The number of hydrogen-bond acceptors (Lipinski definition) is 1. The van der Waals surface area contributed by atoms with Crippen LogP contribution in [-0.2, 0) is 16.2 Å². The average Bonchev–Trinajstić information content (AvgIpc) is 3.64. The quantitative estimate of drug-likeness (QED) is 0.192. The van der Waals surface area contributed by atoms with Crippen LogP contribution in [0.25, 0.3) is 22.3 Å². The maximum atomic E-state index is 2.71. The van der Waals surface area contributed by atoms with Gasteiger partial charge in [-0.2, -0.15) is 0 Å². The van der Waals surface area contributed by atoms with Crippen molar-refractivity contribution in [1.29, 1.82) is 0 Å².